The van der Waals surface area contributed by atoms with Gasteiger partial charge in [0.25, 0.3) is 0 Å². The Morgan fingerprint density at radius 1 is 0.966 bits per heavy atom. The first-order valence-electron chi connectivity index (χ1n) is 10.5. The number of hydrogen-bond donors (Lipinski definition) is 0. The maximum Gasteiger partial charge on any atom is 0.208 e. The van der Waals surface area contributed by atoms with Crippen LogP contribution in [-0.2, 0) is 19.4 Å². The lowest BCUT2D eigenvalue weighted by atomic mass is 9.97. The number of aromatic nitrogens is 5. The monoisotopic (exact) mass is 412 g/mol. The third-order valence-corrected chi connectivity index (χ3v) is 6.90. The van der Waals surface area contributed by atoms with E-state index in [1.165, 1.54) is 31.4 Å². The highest BCUT2D eigenvalue weighted by Crippen LogP contribution is 2.32. The first-order chi connectivity index (χ1) is 14.3. The minimum absolute atomic E-state index is 0.211. The fourth-order valence-corrected chi connectivity index (χ4v) is 5.30. The first-order valence-corrected chi connectivity index (χ1v) is 11.3. The van der Waals surface area contributed by atoms with Crippen molar-refractivity contribution in [1.82, 2.24) is 25.0 Å². The van der Waals surface area contributed by atoms with Gasteiger partial charge in [0, 0.05) is 38.4 Å². The van der Waals surface area contributed by atoms with Crippen LogP contribution in [0.5, 0.6) is 0 Å². The van der Waals surface area contributed by atoms with Gasteiger partial charge in [0.15, 0.2) is 0 Å². The Bertz CT molecular complexity index is 966. The molecule has 0 bridgehead atoms. The molecule has 6 nitrogen and oxygen atoms in total. The van der Waals surface area contributed by atoms with Crippen LogP contribution >= 0.6 is 11.3 Å². The number of halogens is 1. The summed E-state index contributed by atoms with van der Waals surface area (Å²) in [5, 5.41) is 19.8. The first kappa shape index (κ1) is 18.7. The Hall–Kier alpha value is -2.35. The molecule has 0 aliphatic carbocycles. The van der Waals surface area contributed by atoms with E-state index >= 15 is 0 Å². The minimum Gasteiger partial charge on any atom is -0.346 e. The summed E-state index contributed by atoms with van der Waals surface area (Å²) < 4.78 is 15.5. The van der Waals surface area contributed by atoms with Gasteiger partial charge in [-0.1, -0.05) is 29.9 Å². The van der Waals surface area contributed by atoms with Crippen molar-refractivity contribution in [2.24, 2.45) is 0 Å². The van der Waals surface area contributed by atoms with Crippen LogP contribution in [0.4, 0.5) is 9.52 Å². The van der Waals surface area contributed by atoms with Crippen LogP contribution in [0.25, 0.3) is 0 Å². The second-order valence-electron chi connectivity index (χ2n) is 8.00. The third kappa shape index (κ3) is 4.03. The molecule has 29 heavy (non-hydrogen) atoms. The Balaban J connectivity index is 1.30. The van der Waals surface area contributed by atoms with Crippen molar-refractivity contribution < 1.29 is 4.39 Å². The molecule has 5 rings (SSSR count). The number of benzene rings is 1. The van der Waals surface area contributed by atoms with E-state index < -0.39 is 0 Å². The predicted molar refractivity (Wildman–Crippen MR) is 111 cm³/mol. The van der Waals surface area contributed by atoms with Crippen LogP contribution in [0.15, 0.2) is 24.3 Å². The van der Waals surface area contributed by atoms with Crippen molar-refractivity contribution >= 4 is 16.5 Å². The van der Waals surface area contributed by atoms with Crippen molar-refractivity contribution in [2.45, 2.75) is 57.4 Å². The molecule has 0 radical (unpaired) electrons. The van der Waals surface area contributed by atoms with E-state index in [4.69, 9.17) is 0 Å². The van der Waals surface area contributed by atoms with Crippen LogP contribution in [0.2, 0.25) is 0 Å². The van der Waals surface area contributed by atoms with Crippen LogP contribution in [0.3, 0.4) is 0 Å². The molecule has 0 spiro atoms. The van der Waals surface area contributed by atoms with Crippen molar-refractivity contribution in [3.8, 4) is 0 Å². The molecule has 0 N–H and O–H groups in total. The lowest BCUT2D eigenvalue weighted by Gasteiger charge is -2.31. The quantitative estimate of drug-likeness (QED) is 0.649. The van der Waals surface area contributed by atoms with Gasteiger partial charge in [-0.3, -0.25) is 0 Å². The summed E-state index contributed by atoms with van der Waals surface area (Å²) in [5.41, 5.74) is 1.05. The Kier molecular flexibility index (Phi) is 5.26. The van der Waals surface area contributed by atoms with E-state index in [1.807, 2.05) is 12.1 Å². The SMILES string of the molecule is Fc1ccc(Cc2nnc(N3CCC[C@H](c4nnc5n4CCCCC5)C3)s2)cc1. The average Bonchev–Trinajstić information content (AvgIpc) is 3.31. The van der Waals surface area contributed by atoms with E-state index in [1.54, 1.807) is 11.3 Å². The van der Waals surface area contributed by atoms with Crippen molar-refractivity contribution in [3.63, 3.8) is 0 Å². The van der Waals surface area contributed by atoms with E-state index in [-0.39, 0.29) is 5.82 Å². The molecule has 0 saturated carbocycles. The third-order valence-electron chi connectivity index (χ3n) is 5.92. The van der Waals surface area contributed by atoms with E-state index in [2.05, 4.69) is 29.9 Å². The van der Waals surface area contributed by atoms with Crippen LogP contribution in [0, 0.1) is 5.82 Å². The number of nitrogens with zero attached hydrogens (tertiary/aromatic N) is 6. The average molecular weight is 413 g/mol. The van der Waals surface area contributed by atoms with Crippen molar-refractivity contribution in [3.05, 3.63) is 52.3 Å². The second kappa shape index (κ2) is 8.18. The molecular weight excluding hydrogens is 387 g/mol. The molecule has 3 aromatic rings. The smallest absolute Gasteiger partial charge is 0.208 e. The molecule has 8 heteroatoms. The number of aryl methyl sites for hydroxylation is 1. The number of hydrogen-bond acceptors (Lipinski definition) is 6. The van der Waals surface area contributed by atoms with Gasteiger partial charge in [0.2, 0.25) is 5.13 Å². The molecule has 2 aliphatic rings. The second-order valence-corrected chi connectivity index (χ2v) is 9.04. The van der Waals surface area contributed by atoms with E-state index in [0.717, 1.165) is 66.2 Å². The van der Waals surface area contributed by atoms with Gasteiger partial charge in [0.05, 0.1) is 0 Å². The summed E-state index contributed by atoms with van der Waals surface area (Å²) in [6.07, 6.45) is 7.73. The fourth-order valence-electron chi connectivity index (χ4n) is 4.39. The van der Waals surface area contributed by atoms with Gasteiger partial charge in [-0.15, -0.1) is 20.4 Å². The summed E-state index contributed by atoms with van der Waals surface area (Å²) in [6.45, 7) is 2.97. The predicted octanol–water partition coefficient (Wildman–Crippen LogP) is 3.97. The number of anilines is 1. The van der Waals surface area contributed by atoms with Gasteiger partial charge >= 0.3 is 0 Å². The summed E-state index contributed by atoms with van der Waals surface area (Å²) in [4.78, 5) is 2.35. The topological polar surface area (TPSA) is 59.7 Å². The minimum atomic E-state index is -0.211. The summed E-state index contributed by atoms with van der Waals surface area (Å²) >= 11 is 1.64. The van der Waals surface area contributed by atoms with Gasteiger partial charge in [0.1, 0.15) is 22.5 Å². The zero-order valence-electron chi connectivity index (χ0n) is 16.4. The van der Waals surface area contributed by atoms with E-state index in [9.17, 15) is 4.39 Å². The highest BCUT2D eigenvalue weighted by Gasteiger charge is 2.28. The lowest BCUT2D eigenvalue weighted by molar-refractivity contribution is 0.465. The zero-order valence-corrected chi connectivity index (χ0v) is 17.2. The van der Waals surface area contributed by atoms with Crippen LogP contribution < -0.4 is 4.90 Å². The summed E-state index contributed by atoms with van der Waals surface area (Å²) in [7, 11) is 0. The Morgan fingerprint density at radius 2 is 1.86 bits per heavy atom. The molecule has 0 unspecified atom stereocenters. The molecule has 2 aromatic heterocycles. The molecule has 152 valence electrons. The largest absolute Gasteiger partial charge is 0.346 e. The summed E-state index contributed by atoms with van der Waals surface area (Å²) in [5.74, 6) is 2.50. The van der Waals surface area contributed by atoms with E-state index in [0.29, 0.717) is 12.3 Å². The summed E-state index contributed by atoms with van der Waals surface area (Å²) in [6, 6.07) is 6.61. The highest BCUT2D eigenvalue weighted by molar-refractivity contribution is 7.15. The van der Waals surface area contributed by atoms with Crippen molar-refractivity contribution in [1.29, 1.82) is 0 Å². The Labute approximate surface area is 173 Å². The molecule has 1 saturated heterocycles. The molecular formula is C21H25FN6S. The lowest BCUT2D eigenvalue weighted by Crippen LogP contribution is -2.35. The van der Waals surface area contributed by atoms with Crippen LogP contribution in [0.1, 0.15) is 60.2 Å². The maximum absolute atomic E-state index is 13.1. The zero-order chi connectivity index (χ0) is 19.6. The molecule has 2 aliphatic heterocycles. The van der Waals surface area contributed by atoms with Gasteiger partial charge in [-0.2, -0.15) is 0 Å². The van der Waals surface area contributed by atoms with Gasteiger partial charge in [-0.05, 0) is 43.4 Å². The van der Waals surface area contributed by atoms with Crippen LogP contribution in [-0.4, -0.2) is 38.1 Å². The molecule has 4 heterocycles. The fraction of sp³-hybridized carbons (Fsp3) is 0.524. The Morgan fingerprint density at radius 3 is 2.76 bits per heavy atom. The number of fused-ring (bicyclic) bond motifs is 1. The molecule has 1 fully saturated rings. The number of rotatable bonds is 4. The molecule has 1 atom stereocenters. The van der Waals surface area contributed by atoms with Gasteiger partial charge in [-0.25, -0.2) is 4.39 Å². The maximum atomic E-state index is 13.1. The standard InChI is InChI=1S/C21H25FN6S/c22-17-9-7-15(8-10-17)13-19-24-26-21(29-19)27-11-4-5-16(14-27)20-25-23-18-6-2-1-3-12-28(18)20/h7-10,16H,1-6,11-14H2/t16-/m0/s1. The van der Waals surface area contributed by atoms with Gasteiger partial charge < -0.3 is 9.47 Å². The molecule has 0 amide bonds. The van der Waals surface area contributed by atoms with Crippen molar-refractivity contribution in [2.75, 3.05) is 18.0 Å². The number of piperidine rings is 1. The molecule has 1 aromatic carbocycles. The highest BCUT2D eigenvalue weighted by atomic mass is 32.1. The normalized spacial score (nSPS) is 19.8.